The van der Waals surface area contributed by atoms with Crippen molar-refractivity contribution in [2.75, 3.05) is 6.54 Å². The summed E-state index contributed by atoms with van der Waals surface area (Å²) in [5.41, 5.74) is 5.33. The lowest BCUT2D eigenvalue weighted by atomic mass is 10.3. The first-order valence-electron chi connectivity index (χ1n) is 3.55. The summed E-state index contributed by atoms with van der Waals surface area (Å²) in [5, 5.41) is 0. The Kier molecular flexibility index (Phi) is 4.05. The molecule has 0 unspecified atom stereocenters. The molecule has 2 N–H and O–H groups in total. The first kappa shape index (κ1) is 10.0. The van der Waals surface area contributed by atoms with Crippen molar-refractivity contribution in [1.82, 2.24) is 0 Å². The maximum Gasteiger partial charge on any atom is 0.184 e. The first-order valence-corrected chi connectivity index (χ1v) is 5.14. The molecule has 1 aromatic heterocycles. The molecule has 0 fully saturated rings. The van der Waals surface area contributed by atoms with E-state index in [1.807, 2.05) is 18.2 Å². The second-order valence-electron chi connectivity index (χ2n) is 2.25. The molecule has 2 nitrogen and oxygen atoms in total. The van der Waals surface area contributed by atoms with E-state index in [0.29, 0.717) is 6.54 Å². The van der Waals surface area contributed by atoms with Crippen LogP contribution in [0.3, 0.4) is 0 Å². The van der Waals surface area contributed by atoms with E-state index in [1.54, 1.807) is 0 Å². The Labute approximate surface area is 88.1 Å². The van der Waals surface area contributed by atoms with Gasteiger partial charge in [-0.2, -0.15) is 0 Å². The van der Waals surface area contributed by atoms with Crippen LogP contribution in [-0.2, 0) is 0 Å². The summed E-state index contributed by atoms with van der Waals surface area (Å²) >= 11 is 6.58. The molecule has 0 saturated carbocycles. The molecule has 0 radical (unpaired) electrons. The minimum Gasteiger partial charge on any atom is -0.449 e. The normalized spacial score (nSPS) is 11.2. The Hall–Kier alpha value is -0.0600. The SMILES string of the molecule is NCCC=Cc1cc(Br)c(Br)o1. The molecule has 0 aliphatic heterocycles. The Morgan fingerprint density at radius 3 is 2.75 bits per heavy atom. The lowest BCUT2D eigenvalue weighted by molar-refractivity contribution is 0.529. The van der Waals surface area contributed by atoms with Crippen LogP contribution >= 0.6 is 31.9 Å². The van der Waals surface area contributed by atoms with Gasteiger partial charge in [0, 0.05) is 0 Å². The highest BCUT2D eigenvalue weighted by molar-refractivity contribution is 9.13. The van der Waals surface area contributed by atoms with Crippen LogP contribution in [0.15, 0.2) is 25.7 Å². The monoisotopic (exact) mass is 293 g/mol. The summed E-state index contributed by atoms with van der Waals surface area (Å²) < 4.78 is 6.95. The van der Waals surface area contributed by atoms with Crippen molar-refractivity contribution in [3.63, 3.8) is 0 Å². The van der Waals surface area contributed by atoms with Gasteiger partial charge in [0.25, 0.3) is 0 Å². The Morgan fingerprint density at radius 2 is 2.25 bits per heavy atom. The molecule has 0 aromatic carbocycles. The smallest absolute Gasteiger partial charge is 0.184 e. The summed E-state index contributed by atoms with van der Waals surface area (Å²) in [6.07, 6.45) is 4.76. The highest BCUT2D eigenvalue weighted by Gasteiger charge is 2.01. The number of hydrogen-bond acceptors (Lipinski definition) is 2. The molecule has 0 aliphatic rings. The topological polar surface area (TPSA) is 39.2 Å². The van der Waals surface area contributed by atoms with Gasteiger partial charge in [-0.05, 0) is 57.0 Å². The van der Waals surface area contributed by atoms with Crippen molar-refractivity contribution in [3.8, 4) is 0 Å². The highest BCUT2D eigenvalue weighted by atomic mass is 79.9. The van der Waals surface area contributed by atoms with Crippen LogP contribution in [0.5, 0.6) is 0 Å². The lowest BCUT2D eigenvalue weighted by Gasteiger charge is -1.84. The molecule has 0 spiro atoms. The second-order valence-corrected chi connectivity index (χ2v) is 3.82. The van der Waals surface area contributed by atoms with E-state index in [2.05, 4.69) is 31.9 Å². The van der Waals surface area contributed by atoms with E-state index in [0.717, 1.165) is 21.3 Å². The molecule has 0 bridgehead atoms. The quantitative estimate of drug-likeness (QED) is 0.930. The van der Waals surface area contributed by atoms with Crippen LogP contribution in [0.4, 0.5) is 0 Å². The van der Waals surface area contributed by atoms with Gasteiger partial charge >= 0.3 is 0 Å². The summed E-state index contributed by atoms with van der Waals surface area (Å²) in [7, 11) is 0. The van der Waals surface area contributed by atoms with E-state index in [-0.39, 0.29) is 0 Å². The Morgan fingerprint density at radius 1 is 1.50 bits per heavy atom. The zero-order valence-electron chi connectivity index (χ0n) is 6.39. The molecule has 4 heteroatoms. The van der Waals surface area contributed by atoms with Gasteiger partial charge in [-0.15, -0.1) is 0 Å². The van der Waals surface area contributed by atoms with Crippen LogP contribution in [0, 0.1) is 0 Å². The fraction of sp³-hybridized carbons (Fsp3) is 0.250. The molecule has 0 atom stereocenters. The summed E-state index contributed by atoms with van der Waals surface area (Å²) in [4.78, 5) is 0. The van der Waals surface area contributed by atoms with Crippen molar-refractivity contribution in [1.29, 1.82) is 0 Å². The molecule has 0 aliphatic carbocycles. The maximum atomic E-state index is 5.33. The molecule has 0 amide bonds. The fourth-order valence-corrected chi connectivity index (χ4v) is 1.35. The van der Waals surface area contributed by atoms with E-state index in [1.165, 1.54) is 0 Å². The van der Waals surface area contributed by atoms with Gasteiger partial charge in [-0.1, -0.05) is 6.08 Å². The van der Waals surface area contributed by atoms with Gasteiger partial charge in [0.2, 0.25) is 0 Å². The average Bonchev–Trinajstić information content (AvgIpc) is 2.32. The molecule has 12 heavy (non-hydrogen) atoms. The number of furan rings is 1. The van der Waals surface area contributed by atoms with Gasteiger partial charge in [0.05, 0.1) is 4.47 Å². The van der Waals surface area contributed by atoms with E-state index >= 15 is 0 Å². The minimum atomic E-state index is 0.666. The third kappa shape index (κ3) is 2.77. The lowest BCUT2D eigenvalue weighted by Crippen LogP contribution is -1.94. The van der Waals surface area contributed by atoms with Crippen LogP contribution in [-0.4, -0.2) is 6.54 Å². The first-order chi connectivity index (χ1) is 5.74. The fourth-order valence-electron chi connectivity index (χ4n) is 0.741. The van der Waals surface area contributed by atoms with E-state index in [4.69, 9.17) is 10.2 Å². The van der Waals surface area contributed by atoms with Crippen LogP contribution < -0.4 is 5.73 Å². The highest BCUT2D eigenvalue weighted by Crippen LogP contribution is 2.27. The van der Waals surface area contributed by atoms with Crippen molar-refractivity contribution >= 4 is 37.9 Å². The van der Waals surface area contributed by atoms with Crippen LogP contribution in [0.25, 0.3) is 6.08 Å². The molecular weight excluding hydrogens is 286 g/mol. The summed E-state index contributed by atoms with van der Waals surface area (Å²) in [6, 6.07) is 1.90. The van der Waals surface area contributed by atoms with Gasteiger partial charge in [0.1, 0.15) is 5.76 Å². The van der Waals surface area contributed by atoms with Crippen molar-refractivity contribution < 1.29 is 4.42 Å². The Balaban J connectivity index is 2.64. The zero-order valence-corrected chi connectivity index (χ0v) is 9.56. The number of rotatable bonds is 3. The van der Waals surface area contributed by atoms with Crippen molar-refractivity contribution in [2.24, 2.45) is 5.73 Å². The summed E-state index contributed by atoms with van der Waals surface area (Å²) in [5.74, 6) is 0.821. The average molecular weight is 295 g/mol. The molecule has 1 heterocycles. The maximum absolute atomic E-state index is 5.33. The zero-order chi connectivity index (χ0) is 8.97. The van der Waals surface area contributed by atoms with Crippen molar-refractivity contribution in [2.45, 2.75) is 6.42 Å². The standard InChI is InChI=1S/C8H9Br2NO/c9-7-5-6(12-8(7)10)3-1-2-4-11/h1,3,5H,2,4,11H2. The molecular formula is C8H9Br2NO. The number of halogens is 2. The molecule has 0 saturated heterocycles. The molecule has 66 valence electrons. The predicted octanol–water partition coefficient (Wildman–Crippen LogP) is 3.17. The van der Waals surface area contributed by atoms with Crippen molar-refractivity contribution in [3.05, 3.63) is 27.0 Å². The largest absolute Gasteiger partial charge is 0.449 e. The predicted molar refractivity (Wildman–Crippen MR) is 56.8 cm³/mol. The van der Waals surface area contributed by atoms with E-state index < -0.39 is 0 Å². The number of hydrogen-bond donors (Lipinski definition) is 1. The van der Waals surface area contributed by atoms with Gasteiger partial charge in [-0.25, -0.2) is 0 Å². The third-order valence-electron chi connectivity index (χ3n) is 1.28. The summed E-state index contributed by atoms with van der Waals surface area (Å²) in [6.45, 7) is 0.666. The van der Waals surface area contributed by atoms with Crippen LogP contribution in [0.1, 0.15) is 12.2 Å². The minimum absolute atomic E-state index is 0.666. The van der Waals surface area contributed by atoms with Crippen LogP contribution in [0.2, 0.25) is 0 Å². The van der Waals surface area contributed by atoms with Gasteiger partial charge in [0.15, 0.2) is 4.67 Å². The molecule has 1 aromatic rings. The Bertz CT molecular complexity index is 261. The van der Waals surface area contributed by atoms with Gasteiger partial charge in [-0.3, -0.25) is 0 Å². The van der Waals surface area contributed by atoms with E-state index in [9.17, 15) is 0 Å². The molecule has 1 rings (SSSR count). The third-order valence-corrected chi connectivity index (χ3v) is 2.99. The second kappa shape index (κ2) is 4.84. The van der Waals surface area contributed by atoms with Gasteiger partial charge < -0.3 is 10.2 Å². The number of nitrogens with two attached hydrogens (primary N) is 1.